The average Bonchev–Trinajstić information content (AvgIpc) is 1.65. The summed E-state index contributed by atoms with van der Waals surface area (Å²) < 4.78 is 93.7. The van der Waals surface area contributed by atoms with Gasteiger partial charge in [0, 0.05) is 161 Å². The van der Waals surface area contributed by atoms with Gasteiger partial charge in [0.15, 0.2) is 5.92 Å². The predicted octanol–water partition coefficient (Wildman–Crippen LogP) is 19.5. The van der Waals surface area contributed by atoms with E-state index in [1.54, 1.807) is 44.4 Å². The van der Waals surface area contributed by atoms with Gasteiger partial charge in [-0.1, -0.05) is 144 Å². The Kier molecular flexibility index (Phi) is 47.5. The van der Waals surface area contributed by atoms with Crippen LogP contribution in [0.5, 0.6) is 5.75 Å². The van der Waals surface area contributed by atoms with Crippen molar-refractivity contribution in [3.63, 3.8) is 0 Å². The zero-order valence-corrected chi connectivity index (χ0v) is 90.1. The molecule has 0 bridgehead atoms. The summed E-state index contributed by atoms with van der Waals surface area (Å²) in [5.74, 6) is -0.410. The van der Waals surface area contributed by atoms with Crippen molar-refractivity contribution in [2.45, 2.75) is 402 Å². The Morgan fingerprint density at radius 3 is 1.49 bits per heavy atom. The summed E-state index contributed by atoms with van der Waals surface area (Å²) in [4.78, 5) is 71.0. The van der Waals surface area contributed by atoms with Crippen LogP contribution < -0.4 is 32.8 Å². The quantitative estimate of drug-likeness (QED) is 0.0311. The SMILES string of the molecule is CCOC(=O)C(C#N)C1(c2ccccn2)CCOC2(CCCC2)C1.FC(F)(F)Oc1cccc(CNCC(c2ccccn2)C2CCOC3(CCCC3)C2)c1.N#CCC1(c2ccccn2)CCOC2(CCCC2)C1.NCCC1(c2ccccn2)CCOC2(CCCC2)C1.O=C1CCCC1.O=C1CCOC2(CCCC2)C1.OC1CCOC2(CCCC2)C1.[Br-].[C-]#[N+]/C(C(=O)OCC)=C1\CCOC2(CCCC2)C1.[Mg+2].[c-]1ccccn1. The van der Waals surface area contributed by atoms with E-state index < -0.39 is 29.6 Å². The molecule has 0 amide bonds. The molecule has 6 aromatic rings. The molecule has 12 heterocycles. The van der Waals surface area contributed by atoms with Gasteiger partial charge in [-0.25, -0.2) is 4.85 Å². The maximum Gasteiger partial charge on any atom is 2.00 e. The molecule has 0 radical (unpaired) electrons. The van der Waals surface area contributed by atoms with E-state index in [1.807, 2.05) is 79.3 Å². The van der Waals surface area contributed by atoms with Crippen molar-refractivity contribution in [3.8, 4) is 17.9 Å². The number of benzene rings is 1. The molecular formula is C117H158BrF3MgN10O15. The number of halogens is 4. The number of pyridine rings is 5. The van der Waals surface area contributed by atoms with Crippen LogP contribution in [0.25, 0.3) is 4.85 Å². The number of aromatic nitrogens is 5. The van der Waals surface area contributed by atoms with Crippen LogP contribution in [0.2, 0.25) is 0 Å². The van der Waals surface area contributed by atoms with Gasteiger partial charge in [-0.3, -0.25) is 39.1 Å². The number of carbonyl (C=O) groups excluding carboxylic acids is 4. The molecule has 5 aromatic heterocycles. The van der Waals surface area contributed by atoms with Crippen molar-refractivity contribution in [2.75, 3.05) is 72.6 Å². The molecule has 15 aliphatic rings. The minimum absolute atomic E-state index is 0. The summed E-state index contributed by atoms with van der Waals surface area (Å²) >= 11 is 0. The normalized spacial score (nSPS) is 25.8. The first kappa shape index (κ1) is 119. The minimum atomic E-state index is -4.69. The van der Waals surface area contributed by atoms with Crippen LogP contribution in [0.3, 0.4) is 0 Å². The number of nitrogens with two attached hydrogens (primary N) is 1. The molecule has 30 heteroatoms. The van der Waals surface area contributed by atoms with Gasteiger partial charge in [-0.15, -0.1) is 13.2 Å². The van der Waals surface area contributed by atoms with Crippen LogP contribution in [0.1, 0.15) is 356 Å². The molecule has 7 spiro atoms. The third-order valence-corrected chi connectivity index (χ3v) is 33.0. The number of nitriles is 2. The van der Waals surface area contributed by atoms with Crippen LogP contribution in [0.15, 0.2) is 158 Å². The van der Waals surface area contributed by atoms with Gasteiger partial charge in [0.05, 0.1) is 83.8 Å². The topological polar surface area (TPSA) is 335 Å². The molecule has 25 nitrogen and oxygen atoms in total. The Labute approximate surface area is 897 Å². The molecule has 7 saturated heterocycles. The number of hydrogen-bond donors (Lipinski definition) is 3. The number of aliphatic hydroxyl groups excluding tert-OH is 1. The van der Waals surface area contributed by atoms with Gasteiger partial charge in [-0.2, -0.15) is 28.7 Å². The first-order valence-electron chi connectivity index (χ1n) is 54.4. The molecule has 4 N–H and O–H groups in total. The molecule has 15 fully saturated rings. The third-order valence-electron chi connectivity index (χ3n) is 33.0. The number of hydrogen-bond acceptors (Lipinski definition) is 24. The zero-order valence-electron chi connectivity index (χ0n) is 87.1. The van der Waals surface area contributed by atoms with Crippen molar-refractivity contribution in [2.24, 2.45) is 17.6 Å². The van der Waals surface area contributed by atoms with E-state index >= 15 is 0 Å². The maximum atomic E-state index is 12.5. The number of esters is 2. The summed E-state index contributed by atoms with van der Waals surface area (Å²) in [6, 6.07) is 40.2. The van der Waals surface area contributed by atoms with Gasteiger partial charge in [-0.05, 0) is 272 Å². The number of rotatable bonds is 18. The molecule has 796 valence electrons. The Bertz CT molecular complexity index is 5060. The number of Topliss-reactive ketones (excluding diaryl/α,β-unsaturated/α-hetero) is 2. The number of nitrogens with zero attached hydrogens (tertiary/aromatic N) is 8. The molecule has 7 unspecified atom stereocenters. The van der Waals surface area contributed by atoms with Gasteiger partial charge >= 0.3 is 41.4 Å². The van der Waals surface area contributed by atoms with E-state index in [4.69, 9.17) is 54.9 Å². The van der Waals surface area contributed by atoms with Crippen molar-refractivity contribution >= 4 is 46.6 Å². The van der Waals surface area contributed by atoms with Crippen LogP contribution in [-0.2, 0) is 84.6 Å². The molecular weight excluding hydrogens is 1950 g/mol. The fourth-order valence-corrected chi connectivity index (χ4v) is 26.0. The number of carbonyl (C=O) groups is 4. The molecule has 7 atom stereocenters. The smallest absolute Gasteiger partial charge is 1.00 e. The third kappa shape index (κ3) is 34.2. The molecule has 8 aliphatic carbocycles. The second kappa shape index (κ2) is 58.7. The second-order valence-corrected chi connectivity index (χ2v) is 43.0. The molecule has 21 rings (SSSR count). The minimum Gasteiger partial charge on any atom is -1.00 e. The zero-order chi connectivity index (χ0) is 102. The fraction of sp³-hybridized carbons (Fsp3) is 0.658. The monoisotopic (exact) mass is 2100 g/mol. The number of aliphatic hydroxyl groups is 1. The molecule has 1 aromatic carbocycles. The first-order chi connectivity index (χ1) is 70.4. The fourth-order valence-electron chi connectivity index (χ4n) is 26.0. The Morgan fingerprint density at radius 1 is 0.537 bits per heavy atom. The predicted molar refractivity (Wildman–Crippen MR) is 551 cm³/mol. The van der Waals surface area contributed by atoms with E-state index in [0.29, 0.717) is 95.5 Å². The number of alkyl halides is 3. The molecule has 147 heavy (non-hydrogen) atoms. The maximum absolute atomic E-state index is 12.5. The number of ketones is 2. The van der Waals surface area contributed by atoms with Crippen LogP contribution in [0, 0.1) is 47.3 Å². The van der Waals surface area contributed by atoms with Crippen LogP contribution in [0.4, 0.5) is 13.2 Å². The van der Waals surface area contributed by atoms with Gasteiger partial charge in [0.1, 0.15) is 17.3 Å². The van der Waals surface area contributed by atoms with E-state index in [2.05, 4.69) is 82.4 Å². The summed E-state index contributed by atoms with van der Waals surface area (Å²) in [6.45, 7) is 18.2. The van der Waals surface area contributed by atoms with E-state index in [0.717, 1.165) is 228 Å². The largest absolute Gasteiger partial charge is 2.00 e. The second-order valence-electron chi connectivity index (χ2n) is 43.0. The molecule has 8 saturated carbocycles. The summed E-state index contributed by atoms with van der Waals surface area (Å²) in [5.41, 5.74) is 11.3. The standard InChI is InChI=1S/C24H29F3N2O2.C19H24N2O3.C16H24N2O.C16H20N2O.C14H19NO3.C9H16O2.C9H14O2.C5H4N.C5H8O.BrH.Mg/c25-24(26,27)31-20-7-5-6-18(14-20)16-28-17-21(22-8-1-4-12-29-22)19-9-13-30-23(15-19)10-2-3-11-23;1-2-23-17(22)15(13-20)19(16-7-3-6-11-21-16)10-12-24-18(14-19)8-4-5-9-18;2*17-10-8-15(14-5-1-4-11-18-14)9-12-19-16(13-15)6-2-3-7-16;1-3-17-13(16)12(15-2)11-6-9-18-14(10-11)7-4-5-8-14;2*10-8-3-6-11-9(7-8)4-1-2-5-9;1-2-4-6-5-3-1;6-5-3-1-2-4-5;;/h1,4-8,12,14,19,21,28H,2-3,9-11,13,15-17H2;3,6-7,11,15H,2,4-5,8-10,12,14H2,1H3;1,4-5,11H,2-3,6-10,12-13,17H2;1,4-5,11H,2-3,6-9,12-13H2;3-10H2,1H3;8,10H,1-7H2;1-7H2;1-4H;1-4H2;1H;/q;;;;;;;-1;;;+2/p-1/b;;;;12-11+;;;;;;. The average molecular weight is 2110 g/mol. The number of ether oxygens (including phenoxy) is 10. The first-order valence-corrected chi connectivity index (χ1v) is 54.4. The summed E-state index contributed by atoms with van der Waals surface area (Å²) in [6.07, 6.45) is 57.1. The van der Waals surface area contributed by atoms with Crippen molar-refractivity contribution in [3.05, 3.63) is 203 Å². The van der Waals surface area contributed by atoms with Crippen molar-refractivity contribution in [1.82, 2.24) is 30.2 Å². The summed E-state index contributed by atoms with van der Waals surface area (Å²) in [7, 11) is 0. The van der Waals surface area contributed by atoms with Gasteiger partial charge in [0.25, 0.3) is 5.70 Å². The Morgan fingerprint density at radius 2 is 1.02 bits per heavy atom. The van der Waals surface area contributed by atoms with E-state index in [1.165, 1.54) is 121 Å². The van der Waals surface area contributed by atoms with E-state index in [-0.39, 0.29) is 120 Å². The van der Waals surface area contributed by atoms with Crippen LogP contribution >= 0.6 is 0 Å². The Hall–Kier alpha value is -8.10. The number of nitrogens with one attached hydrogen (secondary N) is 1. The summed E-state index contributed by atoms with van der Waals surface area (Å²) in [5, 5.41) is 32.0. The van der Waals surface area contributed by atoms with Crippen LogP contribution in [-0.4, -0.2) is 201 Å². The molecule has 7 aliphatic heterocycles. The van der Waals surface area contributed by atoms with Gasteiger partial charge in [0.2, 0.25) is 0 Å². The van der Waals surface area contributed by atoms with E-state index in [9.17, 15) is 48.0 Å². The Balaban J connectivity index is 0.000000162. The van der Waals surface area contributed by atoms with Gasteiger partial charge < -0.3 is 85.5 Å². The van der Waals surface area contributed by atoms with Crippen molar-refractivity contribution < 1.29 is 102 Å². The van der Waals surface area contributed by atoms with Crippen molar-refractivity contribution in [1.29, 1.82) is 10.5 Å².